The maximum Gasteiger partial charge on any atom is 0.152 e. The van der Waals surface area contributed by atoms with Crippen LogP contribution >= 0.6 is 0 Å². The van der Waals surface area contributed by atoms with Crippen LogP contribution in [0.5, 0.6) is 0 Å². The molecule has 0 unspecified atom stereocenters. The van der Waals surface area contributed by atoms with Crippen LogP contribution in [0.1, 0.15) is 16.8 Å². The Morgan fingerprint density at radius 2 is 1.88 bits per heavy atom. The first-order valence-electron chi connectivity index (χ1n) is 5.62. The maximum absolute atomic E-state index is 5.97. The van der Waals surface area contributed by atoms with Crippen molar-refractivity contribution in [3.05, 3.63) is 35.0 Å². The number of benzene rings is 1. The minimum Gasteiger partial charge on any atom is -0.394 e. The fourth-order valence-corrected chi connectivity index (χ4v) is 1.78. The number of hydrogen-bond donors (Lipinski definition) is 2. The van der Waals surface area contributed by atoms with Crippen molar-refractivity contribution in [1.82, 2.24) is 9.78 Å². The smallest absolute Gasteiger partial charge is 0.152 e. The average molecular weight is 230 g/mol. The molecule has 1 aromatic heterocycles. The molecule has 0 aliphatic carbocycles. The quantitative estimate of drug-likeness (QED) is 0.834. The van der Waals surface area contributed by atoms with E-state index in [-0.39, 0.29) is 0 Å². The van der Waals surface area contributed by atoms with E-state index in [9.17, 15) is 0 Å². The number of nitrogen functional groups attached to an aromatic ring is 1. The van der Waals surface area contributed by atoms with Gasteiger partial charge in [0.15, 0.2) is 5.82 Å². The van der Waals surface area contributed by atoms with Gasteiger partial charge in [-0.05, 0) is 44.0 Å². The van der Waals surface area contributed by atoms with E-state index in [2.05, 4.69) is 36.4 Å². The summed E-state index contributed by atoms with van der Waals surface area (Å²) in [6, 6.07) is 6.25. The van der Waals surface area contributed by atoms with Gasteiger partial charge in [-0.3, -0.25) is 4.68 Å². The van der Waals surface area contributed by atoms with Crippen molar-refractivity contribution in [3.8, 4) is 0 Å². The zero-order valence-corrected chi connectivity index (χ0v) is 10.7. The van der Waals surface area contributed by atoms with Gasteiger partial charge < -0.3 is 11.1 Å². The van der Waals surface area contributed by atoms with Gasteiger partial charge in [-0.25, -0.2) is 0 Å². The Kier molecular flexibility index (Phi) is 2.79. The first-order chi connectivity index (χ1) is 7.99. The Morgan fingerprint density at radius 3 is 2.41 bits per heavy atom. The third kappa shape index (κ3) is 2.11. The lowest BCUT2D eigenvalue weighted by atomic mass is 10.1. The van der Waals surface area contributed by atoms with Crippen molar-refractivity contribution in [2.45, 2.75) is 20.8 Å². The average Bonchev–Trinajstić information content (AvgIpc) is 2.50. The second-order valence-corrected chi connectivity index (χ2v) is 4.40. The van der Waals surface area contributed by atoms with E-state index in [1.807, 2.05) is 20.0 Å². The number of hydrogen-bond acceptors (Lipinski definition) is 3. The lowest BCUT2D eigenvalue weighted by molar-refractivity contribution is 0.765. The molecule has 0 radical (unpaired) electrons. The number of nitrogens with one attached hydrogen (secondary N) is 1. The van der Waals surface area contributed by atoms with E-state index in [0.717, 1.165) is 17.2 Å². The van der Waals surface area contributed by atoms with Crippen LogP contribution in [0.15, 0.2) is 18.2 Å². The van der Waals surface area contributed by atoms with E-state index < -0.39 is 0 Å². The number of rotatable bonds is 2. The number of nitrogens with zero attached hydrogens (tertiary/aromatic N) is 2. The number of aromatic nitrogens is 2. The summed E-state index contributed by atoms with van der Waals surface area (Å²) in [4.78, 5) is 0. The zero-order valence-electron chi connectivity index (χ0n) is 10.7. The summed E-state index contributed by atoms with van der Waals surface area (Å²) in [5.74, 6) is 0.839. The van der Waals surface area contributed by atoms with Crippen molar-refractivity contribution < 1.29 is 0 Å². The van der Waals surface area contributed by atoms with Gasteiger partial charge in [0.25, 0.3) is 0 Å². The molecule has 4 heteroatoms. The molecule has 0 saturated carbocycles. The molecule has 0 spiro atoms. The lowest BCUT2D eigenvalue weighted by Crippen LogP contribution is -2.01. The molecule has 1 aromatic carbocycles. The fraction of sp³-hybridized carbons (Fsp3) is 0.308. The third-order valence-corrected chi connectivity index (χ3v) is 3.04. The van der Waals surface area contributed by atoms with Gasteiger partial charge in [0, 0.05) is 12.7 Å². The van der Waals surface area contributed by atoms with Crippen LogP contribution in [-0.2, 0) is 7.05 Å². The van der Waals surface area contributed by atoms with E-state index >= 15 is 0 Å². The number of anilines is 3. The maximum atomic E-state index is 5.97. The SMILES string of the molecule is Cc1ccc(Nc2c(N)c(C)nn2C)cc1C. The Bertz CT molecular complexity index is 555. The standard InChI is InChI=1S/C13H18N4/c1-8-5-6-11(7-9(8)2)15-13-12(14)10(3)16-17(13)4/h5-7,15H,14H2,1-4H3. The highest BCUT2D eigenvalue weighted by Gasteiger charge is 2.09. The zero-order chi connectivity index (χ0) is 12.6. The van der Waals surface area contributed by atoms with Gasteiger partial charge in [0.05, 0.1) is 11.4 Å². The van der Waals surface area contributed by atoms with Gasteiger partial charge in [-0.2, -0.15) is 5.10 Å². The van der Waals surface area contributed by atoms with Crippen LogP contribution in [0.25, 0.3) is 0 Å². The minimum absolute atomic E-state index is 0.700. The molecule has 17 heavy (non-hydrogen) atoms. The molecular formula is C13H18N4. The molecule has 0 bridgehead atoms. The molecule has 0 aliphatic rings. The van der Waals surface area contributed by atoms with E-state index in [4.69, 9.17) is 5.73 Å². The number of aryl methyl sites for hydroxylation is 4. The molecule has 2 rings (SSSR count). The summed E-state index contributed by atoms with van der Waals surface area (Å²) in [7, 11) is 1.88. The van der Waals surface area contributed by atoms with Crippen molar-refractivity contribution in [2.75, 3.05) is 11.1 Å². The van der Waals surface area contributed by atoms with E-state index in [0.29, 0.717) is 5.69 Å². The highest BCUT2D eigenvalue weighted by atomic mass is 15.3. The molecule has 0 aliphatic heterocycles. The summed E-state index contributed by atoms with van der Waals surface area (Å²) in [6.07, 6.45) is 0. The highest BCUT2D eigenvalue weighted by molar-refractivity contribution is 5.71. The topological polar surface area (TPSA) is 55.9 Å². The summed E-state index contributed by atoms with van der Waals surface area (Å²) in [5.41, 5.74) is 11.1. The van der Waals surface area contributed by atoms with Gasteiger partial charge >= 0.3 is 0 Å². The molecule has 0 fully saturated rings. The van der Waals surface area contributed by atoms with Crippen LogP contribution in [0.3, 0.4) is 0 Å². The Labute approximate surface area is 101 Å². The van der Waals surface area contributed by atoms with Gasteiger partial charge in [0.2, 0.25) is 0 Å². The normalized spacial score (nSPS) is 10.6. The van der Waals surface area contributed by atoms with Gasteiger partial charge in [-0.15, -0.1) is 0 Å². The van der Waals surface area contributed by atoms with Gasteiger partial charge in [0.1, 0.15) is 0 Å². The first kappa shape index (κ1) is 11.5. The highest BCUT2D eigenvalue weighted by Crippen LogP contribution is 2.26. The number of nitrogens with two attached hydrogens (primary N) is 1. The molecule has 90 valence electrons. The Morgan fingerprint density at radius 1 is 1.18 bits per heavy atom. The minimum atomic E-state index is 0.700. The largest absolute Gasteiger partial charge is 0.394 e. The first-order valence-corrected chi connectivity index (χ1v) is 5.62. The van der Waals surface area contributed by atoms with Crippen LogP contribution in [0.4, 0.5) is 17.2 Å². The second-order valence-electron chi connectivity index (χ2n) is 4.40. The van der Waals surface area contributed by atoms with Crippen LogP contribution in [0, 0.1) is 20.8 Å². The molecular weight excluding hydrogens is 212 g/mol. The fourth-order valence-electron chi connectivity index (χ4n) is 1.78. The molecule has 0 atom stereocenters. The second kappa shape index (κ2) is 4.13. The molecule has 0 saturated heterocycles. The summed E-state index contributed by atoms with van der Waals surface area (Å²) in [5, 5.41) is 7.58. The van der Waals surface area contributed by atoms with Crippen molar-refractivity contribution >= 4 is 17.2 Å². The van der Waals surface area contributed by atoms with Crippen LogP contribution in [-0.4, -0.2) is 9.78 Å². The van der Waals surface area contributed by atoms with E-state index in [1.165, 1.54) is 11.1 Å². The summed E-state index contributed by atoms with van der Waals surface area (Å²) >= 11 is 0. The van der Waals surface area contributed by atoms with Crippen molar-refractivity contribution in [1.29, 1.82) is 0 Å². The van der Waals surface area contributed by atoms with E-state index in [1.54, 1.807) is 4.68 Å². The predicted octanol–water partition coefficient (Wildman–Crippen LogP) is 2.67. The lowest BCUT2D eigenvalue weighted by Gasteiger charge is -2.09. The molecule has 2 aromatic rings. The van der Waals surface area contributed by atoms with Crippen molar-refractivity contribution in [2.24, 2.45) is 7.05 Å². The summed E-state index contributed by atoms with van der Waals surface area (Å²) < 4.78 is 1.76. The monoisotopic (exact) mass is 230 g/mol. The Balaban J connectivity index is 2.34. The molecule has 0 amide bonds. The van der Waals surface area contributed by atoms with Crippen molar-refractivity contribution in [3.63, 3.8) is 0 Å². The van der Waals surface area contributed by atoms with Crippen LogP contribution in [0.2, 0.25) is 0 Å². The molecule has 4 nitrogen and oxygen atoms in total. The Hall–Kier alpha value is -1.97. The predicted molar refractivity (Wildman–Crippen MR) is 71.6 cm³/mol. The summed E-state index contributed by atoms with van der Waals surface area (Å²) in [6.45, 7) is 6.10. The van der Waals surface area contributed by atoms with Crippen LogP contribution < -0.4 is 11.1 Å². The third-order valence-electron chi connectivity index (χ3n) is 3.04. The van der Waals surface area contributed by atoms with Gasteiger partial charge in [-0.1, -0.05) is 6.07 Å². The molecule has 1 heterocycles. The molecule has 3 N–H and O–H groups in total.